The zero-order valence-corrected chi connectivity index (χ0v) is 18.3. The number of halogens is 1. The number of methoxy groups -OCH3 is 1. The Bertz CT molecular complexity index is 1090. The highest BCUT2D eigenvalue weighted by Crippen LogP contribution is 2.29. The number of carbonyl (C=O) groups is 1. The van der Waals surface area contributed by atoms with Crippen molar-refractivity contribution in [1.82, 2.24) is 9.55 Å². The van der Waals surface area contributed by atoms with Crippen LogP contribution < -0.4 is 15.6 Å². The molecule has 1 aromatic carbocycles. The monoisotopic (exact) mass is 437 g/mol. The maximum Gasteiger partial charge on any atom is 0.263 e. The maximum atomic E-state index is 13.1. The number of rotatable bonds is 6. The highest BCUT2D eigenvalue weighted by atomic mass is 35.5. The van der Waals surface area contributed by atoms with E-state index in [1.54, 1.807) is 25.1 Å². The highest BCUT2D eigenvalue weighted by molar-refractivity contribution is 7.98. The van der Waals surface area contributed by atoms with Crippen LogP contribution in [0.1, 0.15) is 24.8 Å². The molecule has 2 heterocycles. The number of nitrogens with zero attached hydrogens (tertiary/aromatic N) is 2. The third kappa shape index (κ3) is 3.90. The molecule has 0 bridgehead atoms. The second kappa shape index (κ2) is 8.55. The zero-order valence-electron chi connectivity index (χ0n) is 15.9. The Hall–Kier alpha value is -2.03. The van der Waals surface area contributed by atoms with Crippen molar-refractivity contribution in [2.45, 2.75) is 31.5 Å². The van der Waals surface area contributed by atoms with Gasteiger partial charge in [0.25, 0.3) is 5.56 Å². The van der Waals surface area contributed by atoms with Gasteiger partial charge < -0.3 is 10.1 Å². The van der Waals surface area contributed by atoms with Gasteiger partial charge in [0.1, 0.15) is 16.6 Å². The number of fused-ring (bicyclic) bond motifs is 1. The van der Waals surface area contributed by atoms with Crippen molar-refractivity contribution >= 4 is 56.5 Å². The van der Waals surface area contributed by atoms with Gasteiger partial charge in [0.2, 0.25) is 5.91 Å². The van der Waals surface area contributed by atoms with Crippen LogP contribution in [0, 0.1) is 0 Å². The smallest absolute Gasteiger partial charge is 0.263 e. The molecule has 1 amide bonds. The average Bonchev–Trinajstić information content (AvgIpc) is 3.11. The van der Waals surface area contributed by atoms with E-state index in [1.807, 2.05) is 19.2 Å². The number of nitrogens with one attached hydrogen (secondary N) is 1. The van der Waals surface area contributed by atoms with Crippen molar-refractivity contribution in [2.24, 2.45) is 0 Å². The third-order valence-corrected chi connectivity index (χ3v) is 6.39. The molecule has 1 unspecified atom stereocenters. The lowest BCUT2D eigenvalue weighted by Crippen LogP contribution is -2.33. The van der Waals surface area contributed by atoms with Gasteiger partial charge in [-0.3, -0.25) is 14.2 Å². The van der Waals surface area contributed by atoms with E-state index < -0.39 is 6.04 Å². The molecule has 9 heteroatoms. The molecule has 0 fully saturated rings. The number of aryl methyl sites for hydroxylation is 1. The number of thiophene rings is 1. The molecule has 3 aromatic rings. The summed E-state index contributed by atoms with van der Waals surface area (Å²) in [6, 6.07) is 6.06. The Morgan fingerprint density at radius 1 is 1.43 bits per heavy atom. The fourth-order valence-corrected chi connectivity index (χ4v) is 4.63. The van der Waals surface area contributed by atoms with Crippen LogP contribution in [-0.4, -0.2) is 28.8 Å². The lowest BCUT2D eigenvalue weighted by atomic mass is 10.2. The van der Waals surface area contributed by atoms with Gasteiger partial charge in [-0.25, -0.2) is 4.98 Å². The fourth-order valence-electron chi connectivity index (χ4n) is 2.82. The highest BCUT2D eigenvalue weighted by Gasteiger charge is 2.23. The average molecular weight is 438 g/mol. The van der Waals surface area contributed by atoms with Gasteiger partial charge in [-0.05, 0) is 43.9 Å². The van der Waals surface area contributed by atoms with Crippen LogP contribution in [0.4, 0.5) is 5.69 Å². The summed E-state index contributed by atoms with van der Waals surface area (Å²) in [5.74, 6) is 0.131. The minimum atomic E-state index is -0.763. The maximum absolute atomic E-state index is 13.1. The summed E-state index contributed by atoms with van der Waals surface area (Å²) >= 11 is 8.88. The molecule has 1 atom stereocenters. The molecular formula is C19H20ClN3O3S2. The molecule has 1 N–H and O–H groups in total. The van der Waals surface area contributed by atoms with Crippen molar-refractivity contribution in [1.29, 1.82) is 0 Å². The standard InChI is InChI=1S/C19H20ClN3O3S2/c1-5-12-9-13-17(28-12)22-19(27-4)23(18(13)25)10(2)16(24)21-14-8-11(20)6-7-15(14)26-3/h6-10H,5H2,1-4H3,(H,21,24). The van der Waals surface area contributed by atoms with Crippen molar-refractivity contribution in [3.63, 3.8) is 0 Å². The quantitative estimate of drug-likeness (QED) is 0.450. The molecule has 0 aliphatic carbocycles. The van der Waals surface area contributed by atoms with E-state index in [1.165, 1.54) is 34.8 Å². The van der Waals surface area contributed by atoms with Crippen LogP contribution in [0.3, 0.4) is 0 Å². The van der Waals surface area contributed by atoms with Crippen LogP contribution >= 0.6 is 34.7 Å². The number of anilines is 1. The van der Waals surface area contributed by atoms with Crippen molar-refractivity contribution in [3.05, 3.63) is 44.5 Å². The summed E-state index contributed by atoms with van der Waals surface area (Å²) in [6.45, 7) is 3.71. The molecule has 2 aromatic heterocycles. The lowest BCUT2D eigenvalue weighted by Gasteiger charge is -2.19. The molecule has 0 spiro atoms. The van der Waals surface area contributed by atoms with Gasteiger partial charge in [-0.2, -0.15) is 0 Å². The van der Waals surface area contributed by atoms with E-state index in [2.05, 4.69) is 10.3 Å². The van der Waals surface area contributed by atoms with Crippen LogP contribution in [-0.2, 0) is 11.2 Å². The first-order valence-electron chi connectivity index (χ1n) is 8.62. The van der Waals surface area contributed by atoms with Gasteiger partial charge in [-0.15, -0.1) is 11.3 Å². The first-order chi connectivity index (χ1) is 13.4. The number of carbonyl (C=O) groups excluding carboxylic acids is 1. The fraction of sp³-hybridized carbons (Fsp3) is 0.316. The van der Waals surface area contributed by atoms with Crippen molar-refractivity contribution in [2.75, 3.05) is 18.7 Å². The molecule has 0 radical (unpaired) electrons. The Balaban J connectivity index is 2.01. The molecule has 6 nitrogen and oxygen atoms in total. The van der Waals surface area contributed by atoms with Gasteiger partial charge in [-0.1, -0.05) is 30.3 Å². The zero-order chi connectivity index (χ0) is 20.4. The number of benzene rings is 1. The number of thioether (sulfide) groups is 1. The topological polar surface area (TPSA) is 73.2 Å². The van der Waals surface area contributed by atoms with Crippen LogP contribution in [0.2, 0.25) is 5.02 Å². The molecule has 0 saturated heterocycles. The van der Waals surface area contributed by atoms with E-state index in [4.69, 9.17) is 16.3 Å². The minimum absolute atomic E-state index is 0.217. The van der Waals surface area contributed by atoms with E-state index in [9.17, 15) is 9.59 Å². The molecule has 28 heavy (non-hydrogen) atoms. The molecule has 0 saturated carbocycles. The number of aromatic nitrogens is 2. The number of amides is 1. The van der Waals surface area contributed by atoms with Crippen LogP contribution in [0.15, 0.2) is 34.2 Å². The van der Waals surface area contributed by atoms with Gasteiger partial charge >= 0.3 is 0 Å². The number of hydrogen-bond donors (Lipinski definition) is 1. The van der Waals surface area contributed by atoms with Gasteiger partial charge in [0.15, 0.2) is 5.16 Å². The summed E-state index contributed by atoms with van der Waals surface area (Å²) in [5, 5.41) is 4.32. The Morgan fingerprint density at radius 2 is 2.18 bits per heavy atom. The largest absolute Gasteiger partial charge is 0.495 e. The summed E-state index contributed by atoms with van der Waals surface area (Å²) in [6.07, 6.45) is 2.67. The molecule has 0 aliphatic heterocycles. The summed E-state index contributed by atoms with van der Waals surface area (Å²) in [5.41, 5.74) is 0.231. The number of ether oxygens (including phenoxy) is 1. The number of hydrogen-bond acceptors (Lipinski definition) is 6. The van der Waals surface area contributed by atoms with Crippen LogP contribution in [0.25, 0.3) is 10.2 Å². The molecule has 148 valence electrons. The normalized spacial score (nSPS) is 12.2. The predicted octanol–water partition coefficient (Wildman–Crippen LogP) is 4.60. The summed E-state index contributed by atoms with van der Waals surface area (Å²) in [4.78, 5) is 32.4. The van der Waals surface area contributed by atoms with Gasteiger partial charge in [0.05, 0.1) is 18.2 Å². The van der Waals surface area contributed by atoms with E-state index >= 15 is 0 Å². The Kier molecular flexibility index (Phi) is 6.32. The second-order valence-electron chi connectivity index (χ2n) is 6.07. The Labute approximate surface area is 175 Å². The summed E-state index contributed by atoms with van der Waals surface area (Å²) < 4.78 is 6.71. The van der Waals surface area contributed by atoms with Crippen molar-refractivity contribution < 1.29 is 9.53 Å². The first-order valence-corrected chi connectivity index (χ1v) is 11.0. The van der Waals surface area contributed by atoms with E-state index in [0.29, 0.717) is 31.8 Å². The molecule has 0 aliphatic rings. The SMILES string of the molecule is CCc1cc2c(=O)n(C(C)C(=O)Nc3cc(Cl)ccc3OC)c(SC)nc2s1. The Morgan fingerprint density at radius 3 is 2.82 bits per heavy atom. The van der Waals surface area contributed by atoms with Crippen LogP contribution in [0.5, 0.6) is 5.75 Å². The summed E-state index contributed by atoms with van der Waals surface area (Å²) in [7, 11) is 1.51. The predicted molar refractivity (Wildman–Crippen MR) is 116 cm³/mol. The first kappa shape index (κ1) is 20.7. The third-order valence-electron chi connectivity index (χ3n) is 4.33. The van der Waals surface area contributed by atoms with Crippen molar-refractivity contribution in [3.8, 4) is 5.75 Å². The minimum Gasteiger partial charge on any atom is -0.495 e. The second-order valence-corrected chi connectivity index (χ2v) is 8.39. The molecule has 3 rings (SSSR count). The van der Waals surface area contributed by atoms with Gasteiger partial charge in [0, 0.05) is 9.90 Å². The lowest BCUT2D eigenvalue weighted by molar-refractivity contribution is -0.119. The van der Waals surface area contributed by atoms with E-state index in [0.717, 1.165) is 11.3 Å². The molecular weight excluding hydrogens is 418 g/mol. The van der Waals surface area contributed by atoms with E-state index in [-0.39, 0.29) is 11.5 Å².